The largest absolute Gasteiger partial charge is 0.354 e. The molecule has 1 aromatic carbocycles. The first kappa shape index (κ1) is 9.21. The molecule has 0 radical (unpaired) electrons. The molecule has 0 aromatic heterocycles. The molecule has 1 aliphatic rings. The highest BCUT2D eigenvalue weighted by Gasteiger charge is 2.46. The van der Waals surface area contributed by atoms with E-state index in [1.54, 1.807) is 19.0 Å². The molecule has 2 atom stereocenters. The number of epoxide rings is 1. The van der Waals surface area contributed by atoms with Gasteiger partial charge in [0, 0.05) is 14.1 Å². The zero-order valence-electron chi connectivity index (χ0n) is 8.31. The maximum absolute atomic E-state index is 11.5. The molecule has 1 heterocycles. The fraction of sp³-hybridized carbons (Fsp3) is 0.364. The fourth-order valence-electron chi connectivity index (χ4n) is 1.45. The van der Waals surface area contributed by atoms with Gasteiger partial charge in [-0.2, -0.15) is 0 Å². The van der Waals surface area contributed by atoms with E-state index in [-0.39, 0.29) is 18.1 Å². The first-order valence-electron chi connectivity index (χ1n) is 4.61. The molecule has 3 heteroatoms. The van der Waals surface area contributed by atoms with E-state index in [0.29, 0.717) is 0 Å². The number of carbonyl (C=O) groups is 1. The third-order valence-electron chi connectivity index (χ3n) is 2.30. The lowest BCUT2D eigenvalue weighted by Crippen LogP contribution is -2.26. The van der Waals surface area contributed by atoms with Gasteiger partial charge in [0.25, 0.3) is 5.91 Å². The Morgan fingerprint density at radius 1 is 1.29 bits per heavy atom. The SMILES string of the molecule is CN(C)C(=O)[C@H]1O[C@@H]1c1ccccc1. The fourth-order valence-corrected chi connectivity index (χ4v) is 1.45. The Morgan fingerprint density at radius 2 is 1.93 bits per heavy atom. The summed E-state index contributed by atoms with van der Waals surface area (Å²) in [6.07, 6.45) is -0.307. The smallest absolute Gasteiger partial charge is 0.254 e. The van der Waals surface area contributed by atoms with Crippen LogP contribution in [0.3, 0.4) is 0 Å². The van der Waals surface area contributed by atoms with E-state index in [0.717, 1.165) is 5.56 Å². The average molecular weight is 191 g/mol. The van der Waals surface area contributed by atoms with Crippen molar-refractivity contribution in [3.05, 3.63) is 35.9 Å². The number of benzene rings is 1. The van der Waals surface area contributed by atoms with Gasteiger partial charge in [-0.05, 0) is 5.56 Å². The topological polar surface area (TPSA) is 32.8 Å². The van der Waals surface area contributed by atoms with Gasteiger partial charge in [0.1, 0.15) is 6.10 Å². The molecule has 74 valence electrons. The highest BCUT2D eigenvalue weighted by Crippen LogP contribution is 2.39. The molecule has 3 nitrogen and oxygen atoms in total. The van der Waals surface area contributed by atoms with E-state index in [9.17, 15) is 4.79 Å². The predicted octanol–water partition coefficient (Wildman–Crippen LogP) is 1.21. The predicted molar refractivity (Wildman–Crippen MR) is 52.8 cm³/mol. The summed E-state index contributed by atoms with van der Waals surface area (Å²) in [6, 6.07) is 9.82. The standard InChI is InChI=1S/C11H13NO2/c1-12(2)11(13)10-9(14-10)8-6-4-3-5-7-8/h3-7,9-10H,1-2H3/t9-,10+/m1/s1. The van der Waals surface area contributed by atoms with Crippen molar-refractivity contribution in [2.45, 2.75) is 12.2 Å². The van der Waals surface area contributed by atoms with Crippen molar-refractivity contribution in [1.82, 2.24) is 4.90 Å². The number of amides is 1. The molecule has 1 amide bonds. The van der Waals surface area contributed by atoms with Crippen LogP contribution in [-0.2, 0) is 9.53 Å². The summed E-state index contributed by atoms with van der Waals surface area (Å²) in [5.74, 6) is 0.0406. The van der Waals surface area contributed by atoms with Gasteiger partial charge in [0.15, 0.2) is 6.10 Å². The first-order valence-corrected chi connectivity index (χ1v) is 4.61. The second-order valence-electron chi connectivity index (χ2n) is 3.62. The number of hydrogen-bond acceptors (Lipinski definition) is 2. The Hall–Kier alpha value is -1.35. The minimum Gasteiger partial charge on any atom is -0.354 e. The van der Waals surface area contributed by atoms with Gasteiger partial charge in [-0.25, -0.2) is 0 Å². The van der Waals surface area contributed by atoms with Crippen LogP contribution in [0.1, 0.15) is 11.7 Å². The number of rotatable bonds is 2. The minimum absolute atomic E-state index is 0.0360. The summed E-state index contributed by atoms with van der Waals surface area (Å²) in [6.45, 7) is 0. The first-order chi connectivity index (χ1) is 6.70. The summed E-state index contributed by atoms with van der Waals surface area (Å²) in [5.41, 5.74) is 1.08. The van der Waals surface area contributed by atoms with E-state index in [1.165, 1.54) is 0 Å². The maximum Gasteiger partial charge on any atom is 0.254 e. The molecule has 14 heavy (non-hydrogen) atoms. The normalized spacial score (nSPS) is 24.4. The van der Waals surface area contributed by atoms with Crippen LogP contribution in [-0.4, -0.2) is 31.0 Å². The van der Waals surface area contributed by atoms with Crippen LogP contribution >= 0.6 is 0 Å². The number of carbonyl (C=O) groups excluding carboxylic acids is 1. The molecule has 0 spiro atoms. The molecule has 1 aliphatic heterocycles. The highest BCUT2D eigenvalue weighted by molar-refractivity contribution is 5.83. The van der Waals surface area contributed by atoms with Gasteiger partial charge >= 0.3 is 0 Å². The highest BCUT2D eigenvalue weighted by atomic mass is 16.6. The van der Waals surface area contributed by atoms with Gasteiger partial charge in [-0.15, -0.1) is 0 Å². The van der Waals surface area contributed by atoms with Crippen LogP contribution in [0.5, 0.6) is 0 Å². The Labute approximate surface area is 83.3 Å². The molecule has 0 saturated carbocycles. The van der Waals surface area contributed by atoms with Crippen LogP contribution in [0.4, 0.5) is 0 Å². The minimum atomic E-state index is -0.271. The van der Waals surface area contributed by atoms with Crippen molar-refractivity contribution in [3.8, 4) is 0 Å². The van der Waals surface area contributed by atoms with Gasteiger partial charge in [-0.1, -0.05) is 30.3 Å². The molecule has 0 aliphatic carbocycles. The molecule has 2 rings (SSSR count). The van der Waals surface area contributed by atoms with Crippen LogP contribution in [0.2, 0.25) is 0 Å². The summed E-state index contributed by atoms with van der Waals surface area (Å²) >= 11 is 0. The molecule has 0 N–H and O–H groups in total. The quantitative estimate of drug-likeness (QED) is 0.658. The van der Waals surface area contributed by atoms with Gasteiger partial charge in [-0.3, -0.25) is 4.79 Å². The second kappa shape index (κ2) is 3.42. The van der Waals surface area contributed by atoms with Crippen LogP contribution < -0.4 is 0 Å². The van der Waals surface area contributed by atoms with E-state index in [1.807, 2.05) is 30.3 Å². The van der Waals surface area contributed by atoms with Crippen molar-refractivity contribution in [2.24, 2.45) is 0 Å². The summed E-state index contributed by atoms with van der Waals surface area (Å²) in [7, 11) is 3.48. The second-order valence-corrected chi connectivity index (χ2v) is 3.62. The van der Waals surface area contributed by atoms with Crippen molar-refractivity contribution < 1.29 is 9.53 Å². The van der Waals surface area contributed by atoms with Crippen molar-refractivity contribution in [2.75, 3.05) is 14.1 Å². The molecule has 1 fully saturated rings. The van der Waals surface area contributed by atoms with Crippen LogP contribution in [0, 0.1) is 0 Å². The lowest BCUT2D eigenvalue weighted by Gasteiger charge is -2.06. The van der Waals surface area contributed by atoms with Crippen molar-refractivity contribution in [3.63, 3.8) is 0 Å². The van der Waals surface area contributed by atoms with Crippen LogP contribution in [0.25, 0.3) is 0 Å². The maximum atomic E-state index is 11.5. The Morgan fingerprint density at radius 3 is 2.50 bits per heavy atom. The molecule has 1 saturated heterocycles. The number of ether oxygens (including phenoxy) is 1. The van der Waals surface area contributed by atoms with Crippen molar-refractivity contribution in [1.29, 1.82) is 0 Å². The summed E-state index contributed by atoms with van der Waals surface area (Å²) in [4.78, 5) is 13.1. The zero-order valence-corrected chi connectivity index (χ0v) is 8.31. The molecule has 1 aromatic rings. The summed E-state index contributed by atoms with van der Waals surface area (Å²) < 4.78 is 5.33. The van der Waals surface area contributed by atoms with E-state index in [2.05, 4.69) is 0 Å². The lowest BCUT2D eigenvalue weighted by molar-refractivity contribution is -0.129. The lowest BCUT2D eigenvalue weighted by atomic mass is 10.1. The monoisotopic (exact) mass is 191 g/mol. The third-order valence-corrected chi connectivity index (χ3v) is 2.30. The average Bonchev–Trinajstić information content (AvgIpc) is 2.97. The number of likely N-dealkylation sites (N-methyl/N-ethyl adjacent to an activating group) is 1. The molecule has 0 bridgehead atoms. The number of hydrogen-bond donors (Lipinski definition) is 0. The Kier molecular flexibility index (Phi) is 2.25. The van der Waals surface area contributed by atoms with E-state index >= 15 is 0 Å². The van der Waals surface area contributed by atoms with Crippen LogP contribution in [0.15, 0.2) is 30.3 Å². The van der Waals surface area contributed by atoms with E-state index < -0.39 is 0 Å². The third kappa shape index (κ3) is 1.63. The van der Waals surface area contributed by atoms with Gasteiger partial charge < -0.3 is 9.64 Å². The molecular weight excluding hydrogens is 178 g/mol. The Bertz CT molecular complexity index is 334. The van der Waals surface area contributed by atoms with E-state index in [4.69, 9.17) is 4.74 Å². The number of nitrogens with zero attached hydrogens (tertiary/aromatic N) is 1. The molecule has 0 unspecified atom stereocenters. The Balaban J connectivity index is 2.03. The molecular formula is C11H13NO2. The van der Waals surface area contributed by atoms with Gasteiger partial charge in [0.05, 0.1) is 0 Å². The van der Waals surface area contributed by atoms with Gasteiger partial charge in [0.2, 0.25) is 0 Å². The summed E-state index contributed by atoms with van der Waals surface area (Å²) in [5, 5.41) is 0. The van der Waals surface area contributed by atoms with Crippen molar-refractivity contribution >= 4 is 5.91 Å². The zero-order chi connectivity index (χ0) is 10.1.